The van der Waals surface area contributed by atoms with Crippen LogP contribution in [0.3, 0.4) is 0 Å². The molecule has 3 rings (SSSR count). The zero-order valence-corrected chi connectivity index (χ0v) is 17.8. The van der Waals surface area contributed by atoms with Crippen molar-refractivity contribution < 1.29 is 13.9 Å². The Morgan fingerprint density at radius 1 is 1.10 bits per heavy atom. The zero-order valence-electron chi connectivity index (χ0n) is 15.5. The molecule has 0 bridgehead atoms. The van der Waals surface area contributed by atoms with E-state index in [0.29, 0.717) is 28.1 Å². The average Bonchev–Trinajstić information content (AvgIpc) is 3.17. The fourth-order valence-electron chi connectivity index (χ4n) is 2.47. The monoisotopic (exact) mass is 448 g/mol. The third kappa shape index (κ3) is 6.22. The molecule has 0 atom stereocenters. The summed E-state index contributed by atoms with van der Waals surface area (Å²) in [5, 5.41) is 6.99. The molecule has 0 saturated heterocycles. The van der Waals surface area contributed by atoms with Crippen LogP contribution >= 0.6 is 35.4 Å². The number of hydrogen-bond acceptors (Lipinski definition) is 4. The topological polar surface area (TPSA) is 63.5 Å². The number of nitrogens with one attached hydrogen (secondary N) is 2. The number of carbonyl (C=O) groups is 1. The van der Waals surface area contributed by atoms with Crippen molar-refractivity contribution in [2.45, 2.75) is 13.5 Å². The molecule has 8 heteroatoms. The SMILES string of the molecule is Cc1cc(OCC(=O)NC(=S)NCc2ccc(-c3ccc(Cl)cc3)o2)ccc1Cl. The second kappa shape index (κ2) is 9.78. The first-order chi connectivity index (χ1) is 13.9. The number of carbonyl (C=O) groups excluding carboxylic acids is 1. The minimum Gasteiger partial charge on any atom is -0.484 e. The lowest BCUT2D eigenvalue weighted by molar-refractivity contribution is -0.121. The van der Waals surface area contributed by atoms with Gasteiger partial charge < -0.3 is 19.8 Å². The van der Waals surface area contributed by atoms with Gasteiger partial charge in [-0.1, -0.05) is 23.2 Å². The molecule has 5 nitrogen and oxygen atoms in total. The van der Waals surface area contributed by atoms with E-state index in [4.69, 9.17) is 44.6 Å². The normalized spacial score (nSPS) is 10.4. The summed E-state index contributed by atoms with van der Waals surface area (Å²) < 4.78 is 11.2. The van der Waals surface area contributed by atoms with E-state index in [2.05, 4.69) is 10.6 Å². The Hall–Kier alpha value is -2.54. The second-order valence-corrected chi connectivity index (χ2v) is 7.46. The summed E-state index contributed by atoms with van der Waals surface area (Å²) in [4.78, 5) is 12.0. The van der Waals surface area contributed by atoms with Gasteiger partial charge in [0.15, 0.2) is 11.7 Å². The van der Waals surface area contributed by atoms with Gasteiger partial charge in [0.1, 0.15) is 17.3 Å². The average molecular weight is 449 g/mol. The highest BCUT2D eigenvalue weighted by Gasteiger charge is 2.09. The van der Waals surface area contributed by atoms with E-state index in [9.17, 15) is 4.79 Å². The van der Waals surface area contributed by atoms with Crippen molar-refractivity contribution in [2.24, 2.45) is 0 Å². The summed E-state index contributed by atoms with van der Waals surface area (Å²) in [6, 6.07) is 16.3. The minimum atomic E-state index is -0.364. The highest BCUT2D eigenvalue weighted by molar-refractivity contribution is 7.80. The van der Waals surface area contributed by atoms with Crippen LogP contribution in [0.15, 0.2) is 59.0 Å². The van der Waals surface area contributed by atoms with Gasteiger partial charge in [-0.05, 0) is 79.3 Å². The van der Waals surface area contributed by atoms with Crippen molar-refractivity contribution in [3.8, 4) is 17.1 Å². The van der Waals surface area contributed by atoms with E-state index in [1.54, 1.807) is 30.3 Å². The third-order valence-corrected chi connectivity index (χ3v) is 4.89. The Morgan fingerprint density at radius 3 is 2.59 bits per heavy atom. The third-order valence-electron chi connectivity index (χ3n) is 3.97. The molecule has 1 aromatic heterocycles. The molecule has 2 N–H and O–H groups in total. The van der Waals surface area contributed by atoms with Crippen molar-refractivity contribution >= 4 is 46.4 Å². The Kier molecular flexibility index (Phi) is 7.14. The smallest absolute Gasteiger partial charge is 0.264 e. The molecule has 0 aliphatic carbocycles. The predicted octanol–water partition coefficient (Wildman–Crippen LogP) is 5.13. The standard InChI is InChI=1S/C21H18Cl2N2O3S/c1-13-10-16(6-8-18(13)23)27-12-20(26)25-21(29)24-11-17-7-9-19(28-17)14-2-4-15(22)5-3-14/h2-10H,11-12H2,1H3,(H2,24,25,26,29). The minimum absolute atomic E-state index is 0.162. The van der Waals surface area contributed by atoms with Crippen LogP contribution in [0.1, 0.15) is 11.3 Å². The molecule has 0 spiro atoms. The molecule has 29 heavy (non-hydrogen) atoms. The Bertz CT molecular complexity index is 1020. The summed E-state index contributed by atoms with van der Waals surface area (Å²) >= 11 is 17.0. The van der Waals surface area contributed by atoms with Crippen molar-refractivity contribution in [1.82, 2.24) is 10.6 Å². The van der Waals surface area contributed by atoms with E-state index in [1.165, 1.54) is 0 Å². The highest BCUT2D eigenvalue weighted by Crippen LogP contribution is 2.24. The first kappa shape index (κ1) is 21.2. The number of ether oxygens (including phenoxy) is 1. The van der Waals surface area contributed by atoms with Crippen molar-refractivity contribution in [1.29, 1.82) is 0 Å². The van der Waals surface area contributed by atoms with Crippen molar-refractivity contribution in [3.05, 3.63) is 76.0 Å². The van der Waals surface area contributed by atoms with Gasteiger partial charge >= 0.3 is 0 Å². The molecule has 0 fully saturated rings. The Morgan fingerprint density at radius 2 is 1.86 bits per heavy atom. The molecule has 0 unspecified atom stereocenters. The summed E-state index contributed by atoms with van der Waals surface area (Å²) in [5.74, 6) is 1.60. The van der Waals surface area contributed by atoms with Crippen LogP contribution in [0.2, 0.25) is 10.0 Å². The molecule has 1 amide bonds. The van der Waals surface area contributed by atoms with Gasteiger partial charge in [0.05, 0.1) is 6.54 Å². The summed E-state index contributed by atoms with van der Waals surface area (Å²) in [6.07, 6.45) is 0. The number of hydrogen-bond donors (Lipinski definition) is 2. The molecule has 2 aromatic carbocycles. The number of halogens is 2. The maximum absolute atomic E-state index is 12.0. The van der Waals surface area contributed by atoms with Crippen LogP contribution in [0, 0.1) is 6.92 Å². The van der Waals surface area contributed by atoms with Gasteiger partial charge in [0.2, 0.25) is 0 Å². The van der Waals surface area contributed by atoms with E-state index in [0.717, 1.165) is 16.9 Å². The number of aryl methyl sites for hydroxylation is 1. The van der Waals surface area contributed by atoms with Gasteiger partial charge in [0.25, 0.3) is 5.91 Å². The second-order valence-electron chi connectivity index (χ2n) is 6.20. The summed E-state index contributed by atoms with van der Waals surface area (Å²) in [6.45, 7) is 2.04. The maximum atomic E-state index is 12.0. The van der Waals surface area contributed by atoms with Crippen LogP contribution in [0.5, 0.6) is 5.75 Å². The number of rotatable bonds is 6. The largest absolute Gasteiger partial charge is 0.484 e. The highest BCUT2D eigenvalue weighted by atomic mass is 35.5. The van der Waals surface area contributed by atoms with E-state index in [1.807, 2.05) is 31.2 Å². The number of thiocarbonyl (C=S) groups is 1. The quantitative estimate of drug-likeness (QED) is 0.511. The number of amides is 1. The summed E-state index contributed by atoms with van der Waals surface area (Å²) in [5.41, 5.74) is 1.80. The van der Waals surface area contributed by atoms with Crippen LogP contribution in [0.4, 0.5) is 0 Å². The molecule has 150 valence electrons. The molecule has 0 saturated carbocycles. The predicted molar refractivity (Wildman–Crippen MR) is 118 cm³/mol. The Labute approximate surface area is 184 Å². The van der Waals surface area contributed by atoms with E-state index in [-0.39, 0.29) is 17.6 Å². The van der Waals surface area contributed by atoms with Crippen LogP contribution in [0.25, 0.3) is 11.3 Å². The lowest BCUT2D eigenvalue weighted by atomic mass is 10.2. The lowest BCUT2D eigenvalue weighted by Crippen LogP contribution is -2.41. The van der Waals surface area contributed by atoms with Crippen LogP contribution in [-0.4, -0.2) is 17.6 Å². The molecule has 0 aliphatic heterocycles. The van der Waals surface area contributed by atoms with Crippen LogP contribution in [-0.2, 0) is 11.3 Å². The first-order valence-electron chi connectivity index (χ1n) is 8.72. The van der Waals surface area contributed by atoms with Gasteiger partial charge in [-0.15, -0.1) is 0 Å². The molecular weight excluding hydrogens is 431 g/mol. The molecular formula is C21H18Cl2N2O3S. The maximum Gasteiger partial charge on any atom is 0.264 e. The van der Waals surface area contributed by atoms with Crippen LogP contribution < -0.4 is 15.4 Å². The number of benzene rings is 2. The summed E-state index contributed by atoms with van der Waals surface area (Å²) in [7, 11) is 0. The Balaban J connectivity index is 1.44. The molecule has 0 radical (unpaired) electrons. The molecule has 1 heterocycles. The fourth-order valence-corrected chi connectivity index (χ4v) is 2.90. The zero-order chi connectivity index (χ0) is 20.8. The first-order valence-corrected chi connectivity index (χ1v) is 9.88. The van der Waals surface area contributed by atoms with Gasteiger partial charge in [0, 0.05) is 15.6 Å². The number of furan rings is 1. The van der Waals surface area contributed by atoms with Crippen molar-refractivity contribution in [2.75, 3.05) is 6.61 Å². The van der Waals surface area contributed by atoms with Gasteiger partial charge in [-0.25, -0.2) is 0 Å². The van der Waals surface area contributed by atoms with E-state index >= 15 is 0 Å². The lowest BCUT2D eigenvalue weighted by Gasteiger charge is -2.10. The molecule has 0 aliphatic rings. The molecule has 3 aromatic rings. The van der Waals surface area contributed by atoms with E-state index < -0.39 is 0 Å². The van der Waals surface area contributed by atoms with Gasteiger partial charge in [-0.2, -0.15) is 0 Å². The fraction of sp³-hybridized carbons (Fsp3) is 0.143. The van der Waals surface area contributed by atoms with Gasteiger partial charge in [-0.3, -0.25) is 4.79 Å². The van der Waals surface area contributed by atoms with Crippen molar-refractivity contribution in [3.63, 3.8) is 0 Å².